The van der Waals surface area contributed by atoms with Crippen molar-refractivity contribution in [2.45, 2.75) is 32.7 Å². The first kappa shape index (κ1) is 27.1. The molecule has 0 saturated carbocycles. The van der Waals surface area contributed by atoms with Crippen molar-refractivity contribution in [3.8, 4) is 0 Å². The first-order valence-corrected chi connectivity index (χ1v) is 13.3. The predicted octanol–water partition coefficient (Wildman–Crippen LogP) is 5.58. The zero-order valence-corrected chi connectivity index (χ0v) is 23.3. The first-order valence-electron chi connectivity index (χ1n) is 11.2. The molecule has 2 aliphatic rings. The number of amides is 1. The van der Waals surface area contributed by atoms with Gasteiger partial charge in [-0.05, 0) is 50.6 Å². The quantitative estimate of drug-likeness (QED) is 0.274. The lowest BCUT2D eigenvalue weighted by molar-refractivity contribution is -0.138. The number of hydrogen-bond donors (Lipinski definition) is 0. The topological polar surface area (TPSA) is 72.9 Å². The van der Waals surface area contributed by atoms with Gasteiger partial charge in [-0.3, -0.25) is 4.79 Å². The normalized spacial score (nSPS) is 16.6. The highest BCUT2D eigenvalue weighted by molar-refractivity contribution is 8.29. The Morgan fingerprint density at radius 2 is 1.54 bits per heavy atom. The van der Waals surface area contributed by atoms with Crippen LogP contribution in [0.15, 0.2) is 56.5 Å². The van der Waals surface area contributed by atoms with Gasteiger partial charge in [0.05, 0.1) is 41.0 Å². The summed E-state index contributed by atoms with van der Waals surface area (Å²) in [5.74, 6) is -1.85. The van der Waals surface area contributed by atoms with Crippen molar-refractivity contribution < 1.29 is 28.2 Å². The molecule has 10 heteroatoms. The van der Waals surface area contributed by atoms with E-state index in [9.17, 15) is 18.8 Å². The van der Waals surface area contributed by atoms with Crippen molar-refractivity contribution in [1.29, 1.82) is 0 Å². The second kappa shape index (κ2) is 10.4. The number of fused-ring (bicyclic) bond motifs is 1. The molecule has 0 spiro atoms. The third-order valence-corrected chi connectivity index (χ3v) is 9.33. The minimum Gasteiger partial charge on any atom is -0.465 e. The van der Waals surface area contributed by atoms with Crippen LogP contribution in [0.5, 0.6) is 0 Å². The lowest BCUT2D eigenvalue weighted by atomic mass is 9.82. The van der Waals surface area contributed by atoms with Crippen LogP contribution in [-0.2, 0) is 30.3 Å². The van der Waals surface area contributed by atoms with E-state index < -0.39 is 17.5 Å². The number of carbonyl (C=O) groups is 3. The molecule has 0 unspecified atom stereocenters. The number of benzene rings is 2. The number of thiocarbonyl (C=S) groups is 1. The summed E-state index contributed by atoms with van der Waals surface area (Å²) in [7, 11) is 2.50. The average molecular weight is 558 g/mol. The Balaban J connectivity index is 1.84. The summed E-state index contributed by atoms with van der Waals surface area (Å²) >= 11 is 8.20. The molecule has 6 nitrogen and oxygen atoms in total. The van der Waals surface area contributed by atoms with Gasteiger partial charge in [-0.1, -0.05) is 59.5 Å². The number of hydrogen-bond acceptors (Lipinski definition) is 8. The highest BCUT2D eigenvalue weighted by Gasteiger charge is 2.46. The molecule has 4 rings (SSSR count). The summed E-state index contributed by atoms with van der Waals surface area (Å²) in [5.41, 5.74) is 2.78. The summed E-state index contributed by atoms with van der Waals surface area (Å²) in [6, 6.07) is 11.6. The summed E-state index contributed by atoms with van der Waals surface area (Å²) in [4.78, 5) is 41.0. The average Bonchev–Trinajstić information content (AvgIpc) is 3.30. The number of rotatable bonds is 4. The Bertz CT molecular complexity index is 1370. The smallest absolute Gasteiger partial charge is 0.346 e. The van der Waals surface area contributed by atoms with Gasteiger partial charge in [-0.25, -0.2) is 14.0 Å². The molecule has 2 heterocycles. The minimum atomic E-state index is -0.919. The highest BCUT2D eigenvalue weighted by atomic mass is 32.2. The van der Waals surface area contributed by atoms with Gasteiger partial charge in [0.1, 0.15) is 15.6 Å². The van der Waals surface area contributed by atoms with E-state index in [-0.39, 0.29) is 28.0 Å². The second-order valence-electron chi connectivity index (χ2n) is 8.95. The van der Waals surface area contributed by atoms with Crippen LogP contribution in [0.1, 0.15) is 30.5 Å². The van der Waals surface area contributed by atoms with Crippen LogP contribution in [0.4, 0.5) is 10.1 Å². The van der Waals surface area contributed by atoms with E-state index in [0.717, 1.165) is 34.7 Å². The number of carbonyl (C=O) groups excluding carboxylic acids is 3. The van der Waals surface area contributed by atoms with Gasteiger partial charge in [0.15, 0.2) is 0 Å². The molecule has 0 N–H and O–H groups in total. The zero-order chi connectivity index (χ0) is 27.1. The van der Waals surface area contributed by atoms with Crippen LogP contribution >= 0.6 is 35.7 Å². The number of aryl methyl sites for hydroxylation is 1. The Hall–Kier alpha value is -2.95. The molecule has 0 radical (unpaired) electrons. The molecule has 0 saturated heterocycles. The fourth-order valence-electron chi connectivity index (χ4n) is 4.24. The van der Waals surface area contributed by atoms with E-state index in [4.69, 9.17) is 21.7 Å². The summed E-state index contributed by atoms with van der Waals surface area (Å²) in [6.07, 6.45) is 0.0651. The maximum Gasteiger partial charge on any atom is 0.346 e. The molecule has 0 aliphatic carbocycles. The van der Waals surface area contributed by atoms with Gasteiger partial charge in [-0.2, -0.15) is 0 Å². The maximum absolute atomic E-state index is 13.7. The predicted molar refractivity (Wildman–Crippen MR) is 149 cm³/mol. The van der Waals surface area contributed by atoms with Crippen molar-refractivity contribution in [1.82, 2.24) is 0 Å². The Labute approximate surface area is 228 Å². The number of thioether (sulfide) groups is 2. The number of ether oxygens (including phenoxy) is 2. The van der Waals surface area contributed by atoms with Gasteiger partial charge >= 0.3 is 11.9 Å². The van der Waals surface area contributed by atoms with Crippen molar-refractivity contribution in [3.63, 3.8) is 0 Å². The number of methoxy groups -OCH3 is 2. The third-order valence-electron chi connectivity index (χ3n) is 6.06. The van der Waals surface area contributed by atoms with Crippen LogP contribution in [0, 0.1) is 12.7 Å². The molecule has 1 amide bonds. The maximum atomic E-state index is 13.7. The molecule has 2 aromatic rings. The second-order valence-corrected chi connectivity index (χ2v) is 11.7. The SMILES string of the molecule is COC(=O)C1=C(C(=O)OC)SC(=C2C(=S)C(C)(C)N(C(=O)Cc3ccc(F)cc3)c3ccc(C)cc32)S1. The Kier molecular flexibility index (Phi) is 7.64. The van der Waals surface area contributed by atoms with Crippen molar-refractivity contribution in [2.24, 2.45) is 0 Å². The van der Waals surface area contributed by atoms with E-state index in [1.54, 1.807) is 17.0 Å². The van der Waals surface area contributed by atoms with Crippen LogP contribution in [-0.4, -0.2) is 42.5 Å². The van der Waals surface area contributed by atoms with Crippen LogP contribution in [0.2, 0.25) is 0 Å². The van der Waals surface area contributed by atoms with Gasteiger partial charge in [0, 0.05) is 11.1 Å². The minimum absolute atomic E-state index is 0.0651. The molecule has 192 valence electrons. The molecule has 0 aromatic heterocycles. The van der Waals surface area contributed by atoms with Crippen molar-refractivity contribution in [3.05, 3.63) is 79.0 Å². The molecule has 2 aromatic carbocycles. The monoisotopic (exact) mass is 557 g/mol. The molecule has 2 aliphatic heterocycles. The third kappa shape index (κ3) is 4.97. The van der Waals surface area contributed by atoms with Crippen LogP contribution in [0.3, 0.4) is 0 Å². The van der Waals surface area contributed by atoms with Gasteiger partial charge in [-0.15, -0.1) is 0 Å². The summed E-state index contributed by atoms with van der Waals surface area (Å²) < 4.78 is 23.8. The van der Waals surface area contributed by atoms with E-state index in [1.165, 1.54) is 26.4 Å². The number of nitrogens with zero attached hydrogens (tertiary/aromatic N) is 1. The van der Waals surface area contributed by atoms with Gasteiger partial charge in [0.25, 0.3) is 0 Å². The van der Waals surface area contributed by atoms with E-state index >= 15 is 0 Å². The number of esters is 2. The molecule has 0 atom stereocenters. The van der Waals surface area contributed by atoms with E-state index in [1.807, 2.05) is 39.0 Å². The Morgan fingerprint density at radius 3 is 2.08 bits per heavy atom. The Morgan fingerprint density at radius 1 is 0.973 bits per heavy atom. The van der Waals surface area contributed by atoms with Crippen LogP contribution < -0.4 is 4.90 Å². The van der Waals surface area contributed by atoms with Crippen molar-refractivity contribution >= 4 is 69.7 Å². The lowest BCUT2D eigenvalue weighted by Gasteiger charge is -2.45. The lowest BCUT2D eigenvalue weighted by Crippen LogP contribution is -2.56. The zero-order valence-electron chi connectivity index (χ0n) is 20.8. The molecule has 0 bridgehead atoms. The van der Waals surface area contributed by atoms with Gasteiger partial charge < -0.3 is 14.4 Å². The number of anilines is 1. The fraction of sp³-hybridized carbons (Fsp3) is 0.259. The van der Waals surface area contributed by atoms with E-state index in [0.29, 0.717) is 25.9 Å². The summed E-state index contributed by atoms with van der Waals surface area (Å²) in [6.45, 7) is 5.66. The molecule has 37 heavy (non-hydrogen) atoms. The largest absolute Gasteiger partial charge is 0.465 e. The van der Waals surface area contributed by atoms with E-state index in [2.05, 4.69) is 0 Å². The molecular formula is C27H24FNO5S3. The highest BCUT2D eigenvalue weighted by Crippen LogP contribution is 2.56. The first-order chi connectivity index (χ1) is 17.5. The van der Waals surface area contributed by atoms with Gasteiger partial charge in [0.2, 0.25) is 5.91 Å². The fourth-order valence-corrected chi connectivity index (χ4v) is 7.27. The molecular weight excluding hydrogens is 533 g/mol. The van der Waals surface area contributed by atoms with Crippen LogP contribution in [0.25, 0.3) is 5.57 Å². The molecule has 0 fully saturated rings. The summed E-state index contributed by atoms with van der Waals surface area (Å²) in [5, 5.41) is 0. The standard InChI is InChI=1S/C27H24FNO5S3/c1-14-6-11-18-17(12-14)20(26-36-21(24(31)33-4)22(37-26)25(32)34-5)23(35)27(2,3)29(18)19(30)13-15-7-9-16(28)10-8-15/h6-12H,13H2,1-5H3. The van der Waals surface area contributed by atoms with Crippen molar-refractivity contribution in [2.75, 3.05) is 19.1 Å². The number of halogens is 1.